The number of methoxy groups -OCH3 is 1. The zero-order chi connectivity index (χ0) is 22.4. The zero-order valence-electron chi connectivity index (χ0n) is 16.8. The molecule has 0 radical (unpaired) electrons. The number of aromatic nitrogens is 1. The van der Waals surface area contributed by atoms with Crippen LogP contribution in [0.15, 0.2) is 65.8 Å². The summed E-state index contributed by atoms with van der Waals surface area (Å²) in [5.41, 5.74) is 7.31. The minimum atomic E-state index is -0.466. The van der Waals surface area contributed by atoms with Crippen LogP contribution in [0.5, 0.6) is 5.75 Å². The molecule has 2 aromatic carbocycles. The summed E-state index contributed by atoms with van der Waals surface area (Å²) in [5.74, 6) is 0.142. The van der Waals surface area contributed by atoms with Crippen molar-refractivity contribution >= 4 is 40.8 Å². The molecule has 0 unspecified atom stereocenters. The van der Waals surface area contributed by atoms with Gasteiger partial charge in [0.2, 0.25) is 0 Å². The number of nitrogens with one attached hydrogen (secondary N) is 2. The third kappa shape index (κ3) is 5.18. The first-order valence-electron chi connectivity index (χ1n) is 9.17. The maximum Gasteiger partial charge on any atom is 0.259 e. The van der Waals surface area contributed by atoms with Crippen molar-refractivity contribution in [2.24, 2.45) is 10.7 Å². The van der Waals surface area contributed by atoms with E-state index in [1.807, 2.05) is 0 Å². The predicted molar refractivity (Wildman–Crippen MR) is 121 cm³/mol. The van der Waals surface area contributed by atoms with E-state index >= 15 is 0 Å². The molecule has 0 fully saturated rings. The number of amidine groups is 1. The van der Waals surface area contributed by atoms with Crippen molar-refractivity contribution in [2.45, 2.75) is 0 Å². The lowest BCUT2D eigenvalue weighted by Crippen LogP contribution is -2.19. The number of rotatable bonds is 6. The molecule has 1 heterocycles. The molecule has 3 rings (SSSR count). The number of carbonyl (C=O) groups excluding carboxylic acids is 2. The van der Waals surface area contributed by atoms with Gasteiger partial charge in [-0.15, -0.1) is 0 Å². The van der Waals surface area contributed by atoms with Gasteiger partial charge in [-0.25, -0.2) is 4.98 Å². The Labute approximate surface area is 184 Å². The lowest BCUT2D eigenvalue weighted by molar-refractivity contribution is 0.102. The predicted octanol–water partition coefficient (Wildman–Crippen LogP) is 3.58. The number of carbonyl (C=O) groups is 2. The third-order valence-corrected chi connectivity index (χ3v) is 4.61. The Morgan fingerprint density at radius 3 is 2.32 bits per heavy atom. The van der Waals surface area contributed by atoms with Crippen LogP contribution in [-0.2, 0) is 0 Å². The van der Waals surface area contributed by atoms with Crippen molar-refractivity contribution in [1.82, 2.24) is 4.98 Å². The molecule has 0 atom stereocenters. The number of amides is 2. The number of nitrogens with two attached hydrogens (primary N) is 1. The van der Waals surface area contributed by atoms with Crippen LogP contribution >= 0.6 is 11.6 Å². The van der Waals surface area contributed by atoms with E-state index in [1.165, 1.54) is 13.3 Å². The quantitative estimate of drug-likeness (QED) is 0.402. The summed E-state index contributed by atoms with van der Waals surface area (Å²) in [7, 11) is 3.04. The molecule has 0 bridgehead atoms. The first-order chi connectivity index (χ1) is 14.9. The molecule has 1 aromatic heterocycles. The van der Waals surface area contributed by atoms with E-state index in [1.54, 1.807) is 61.6 Å². The second-order valence-corrected chi connectivity index (χ2v) is 6.78. The van der Waals surface area contributed by atoms with Gasteiger partial charge >= 0.3 is 0 Å². The standard InChI is InChI=1S/C22H20ClN5O3/c1-25-20(24)13-6-8-14(9-7-13)21(29)28-19-16(4-3-5-17(19)31-2)22(30)27-18-11-10-15(23)12-26-18/h3-12H,1-2H3,(H2,24,25)(H,28,29)(H,26,27,30). The molecule has 0 aliphatic heterocycles. The number of anilines is 2. The highest BCUT2D eigenvalue weighted by Gasteiger charge is 2.19. The lowest BCUT2D eigenvalue weighted by atomic mass is 10.1. The van der Waals surface area contributed by atoms with Gasteiger partial charge in [-0.2, -0.15) is 0 Å². The van der Waals surface area contributed by atoms with Crippen LogP contribution in [0.1, 0.15) is 26.3 Å². The fourth-order valence-electron chi connectivity index (χ4n) is 2.76. The average Bonchev–Trinajstić information content (AvgIpc) is 2.80. The van der Waals surface area contributed by atoms with Crippen LogP contribution in [0.2, 0.25) is 5.02 Å². The lowest BCUT2D eigenvalue weighted by Gasteiger charge is -2.15. The van der Waals surface area contributed by atoms with Crippen LogP contribution in [0.25, 0.3) is 0 Å². The van der Waals surface area contributed by atoms with E-state index in [4.69, 9.17) is 22.1 Å². The minimum absolute atomic E-state index is 0.212. The Balaban J connectivity index is 1.87. The van der Waals surface area contributed by atoms with E-state index < -0.39 is 11.8 Å². The summed E-state index contributed by atoms with van der Waals surface area (Å²) in [5, 5.41) is 5.88. The van der Waals surface area contributed by atoms with Crippen LogP contribution < -0.4 is 21.1 Å². The summed E-state index contributed by atoms with van der Waals surface area (Å²) in [6, 6.07) is 14.7. The van der Waals surface area contributed by atoms with Gasteiger partial charge in [0.15, 0.2) is 0 Å². The van der Waals surface area contributed by atoms with Crippen molar-refractivity contribution in [1.29, 1.82) is 0 Å². The van der Waals surface area contributed by atoms with Gasteiger partial charge in [0, 0.05) is 24.4 Å². The molecule has 0 spiro atoms. The highest BCUT2D eigenvalue weighted by molar-refractivity contribution is 6.30. The number of halogens is 1. The Morgan fingerprint density at radius 2 is 1.71 bits per heavy atom. The highest BCUT2D eigenvalue weighted by Crippen LogP contribution is 2.29. The second-order valence-electron chi connectivity index (χ2n) is 6.34. The molecule has 8 nitrogen and oxygen atoms in total. The largest absolute Gasteiger partial charge is 0.495 e. The van der Waals surface area contributed by atoms with E-state index in [0.29, 0.717) is 33.6 Å². The Kier molecular flexibility index (Phi) is 6.84. The number of ether oxygens (including phenoxy) is 1. The van der Waals surface area contributed by atoms with Crippen molar-refractivity contribution in [3.05, 3.63) is 82.5 Å². The van der Waals surface area contributed by atoms with Crippen LogP contribution in [0, 0.1) is 0 Å². The maximum atomic E-state index is 12.8. The number of hydrogen-bond donors (Lipinski definition) is 3. The Bertz CT molecular complexity index is 1130. The van der Waals surface area contributed by atoms with Crippen molar-refractivity contribution in [3.8, 4) is 5.75 Å². The number of aliphatic imine (C=N–C) groups is 1. The SMILES string of the molecule is CN=C(N)c1ccc(C(=O)Nc2c(OC)cccc2C(=O)Nc2ccc(Cl)cn2)cc1. The third-order valence-electron chi connectivity index (χ3n) is 4.38. The topological polar surface area (TPSA) is 119 Å². The summed E-state index contributed by atoms with van der Waals surface area (Å²) >= 11 is 5.83. The molecule has 31 heavy (non-hydrogen) atoms. The van der Waals surface area contributed by atoms with Gasteiger partial charge in [-0.1, -0.05) is 29.8 Å². The van der Waals surface area contributed by atoms with Crippen molar-refractivity contribution in [2.75, 3.05) is 24.8 Å². The zero-order valence-corrected chi connectivity index (χ0v) is 17.6. The van der Waals surface area contributed by atoms with Crippen LogP contribution in [-0.4, -0.2) is 36.8 Å². The first kappa shape index (κ1) is 21.8. The molecule has 158 valence electrons. The van der Waals surface area contributed by atoms with E-state index in [9.17, 15) is 9.59 Å². The molecule has 0 aliphatic rings. The second kappa shape index (κ2) is 9.73. The Hall–Kier alpha value is -3.91. The van der Waals surface area contributed by atoms with Crippen LogP contribution in [0.4, 0.5) is 11.5 Å². The summed E-state index contributed by atoms with van der Waals surface area (Å²) in [4.78, 5) is 33.6. The Morgan fingerprint density at radius 1 is 1.00 bits per heavy atom. The summed E-state index contributed by atoms with van der Waals surface area (Å²) in [6.07, 6.45) is 1.42. The molecule has 2 amide bonds. The monoisotopic (exact) mass is 437 g/mol. The van der Waals surface area contributed by atoms with Gasteiger partial charge in [-0.3, -0.25) is 14.6 Å². The van der Waals surface area contributed by atoms with Crippen LogP contribution in [0.3, 0.4) is 0 Å². The van der Waals surface area contributed by atoms with Crippen molar-refractivity contribution in [3.63, 3.8) is 0 Å². The number of pyridine rings is 1. The molecule has 3 aromatic rings. The number of para-hydroxylation sites is 1. The maximum absolute atomic E-state index is 12.8. The molecule has 4 N–H and O–H groups in total. The number of nitrogens with zero attached hydrogens (tertiary/aromatic N) is 2. The van der Waals surface area contributed by atoms with E-state index in [-0.39, 0.29) is 11.3 Å². The minimum Gasteiger partial charge on any atom is -0.495 e. The van der Waals surface area contributed by atoms with Gasteiger partial charge < -0.3 is 21.1 Å². The fourth-order valence-corrected chi connectivity index (χ4v) is 2.87. The normalized spacial score (nSPS) is 11.0. The van der Waals surface area contributed by atoms with E-state index in [0.717, 1.165) is 0 Å². The highest BCUT2D eigenvalue weighted by atomic mass is 35.5. The summed E-state index contributed by atoms with van der Waals surface area (Å²) in [6.45, 7) is 0. The number of benzene rings is 2. The van der Waals surface area contributed by atoms with Gasteiger partial charge in [0.05, 0.1) is 23.4 Å². The van der Waals surface area contributed by atoms with E-state index in [2.05, 4.69) is 20.6 Å². The molecule has 9 heteroatoms. The summed E-state index contributed by atoms with van der Waals surface area (Å²) < 4.78 is 5.34. The molecular formula is C22H20ClN5O3. The van der Waals surface area contributed by atoms with Crippen molar-refractivity contribution < 1.29 is 14.3 Å². The van der Waals surface area contributed by atoms with Gasteiger partial charge in [-0.05, 0) is 36.4 Å². The number of hydrogen-bond acceptors (Lipinski definition) is 5. The molecule has 0 saturated heterocycles. The smallest absolute Gasteiger partial charge is 0.259 e. The molecular weight excluding hydrogens is 418 g/mol. The fraction of sp³-hybridized carbons (Fsp3) is 0.0909. The average molecular weight is 438 g/mol. The molecule has 0 saturated carbocycles. The molecule has 0 aliphatic carbocycles. The van der Waals surface area contributed by atoms with Gasteiger partial charge in [0.1, 0.15) is 17.4 Å². The first-order valence-corrected chi connectivity index (χ1v) is 9.54. The van der Waals surface area contributed by atoms with Gasteiger partial charge in [0.25, 0.3) is 11.8 Å².